The molecule has 3 unspecified atom stereocenters. The molecule has 9 N–H and O–H groups in total. The van der Waals surface area contributed by atoms with E-state index in [0.29, 0.717) is 5.56 Å². The molecule has 0 aliphatic rings. The van der Waals surface area contributed by atoms with Gasteiger partial charge in [0.15, 0.2) is 0 Å². The Labute approximate surface area is 176 Å². The summed E-state index contributed by atoms with van der Waals surface area (Å²) in [6.45, 7) is -1.58. The number of benzene rings is 1. The number of carbonyl (C=O) groups is 5. The number of carboxylic acid groups (broad SMARTS) is 2. The summed E-state index contributed by atoms with van der Waals surface area (Å²) in [5.41, 5.74) is 6.01. The molecule has 0 spiro atoms. The molecule has 0 aliphatic heterocycles. The van der Waals surface area contributed by atoms with Crippen molar-refractivity contribution in [1.82, 2.24) is 16.0 Å². The average molecular weight is 440 g/mol. The molecule has 1 rings (SSSR count). The van der Waals surface area contributed by atoms with Gasteiger partial charge in [-0.2, -0.15) is 0 Å². The van der Waals surface area contributed by atoms with E-state index < -0.39 is 67.4 Å². The van der Waals surface area contributed by atoms with Crippen molar-refractivity contribution in [3.8, 4) is 5.75 Å². The predicted octanol–water partition coefficient (Wildman–Crippen LogP) is -3.10. The van der Waals surface area contributed by atoms with E-state index in [1.54, 1.807) is 0 Å². The summed E-state index contributed by atoms with van der Waals surface area (Å²) in [6.07, 6.45) is -0.803. The molecular formula is C18H24N4O9. The van der Waals surface area contributed by atoms with E-state index in [-0.39, 0.29) is 12.2 Å². The standard InChI is InChI=1S/C18H24N4O9/c19-11(6-14(25)26)16(29)21-12(5-9-1-3-10(24)4-2-9)18(31)22-13(8-23)17(30)20-7-15(27)28/h1-4,11-13,23-24H,5-8,19H2,(H,20,30)(H,21,29)(H,22,31)(H,25,26)(H,27,28). The number of nitrogens with two attached hydrogens (primary N) is 1. The van der Waals surface area contributed by atoms with Gasteiger partial charge in [-0.1, -0.05) is 12.1 Å². The second-order valence-corrected chi connectivity index (χ2v) is 6.49. The van der Waals surface area contributed by atoms with Crippen molar-refractivity contribution in [3.63, 3.8) is 0 Å². The number of amides is 3. The summed E-state index contributed by atoms with van der Waals surface area (Å²) in [5.74, 6) is -5.49. The molecule has 13 nitrogen and oxygen atoms in total. The van der Waals surface area contributed by atoms with Crippen LogP contribution in [0, 0.1) is 0 Å². The summed E-state index contributed by atoms with van der Waals surface area (Å²) in [7, 11) is 0. The van der Waals surface area contributed by atoms with Gasteiger partial charge in [-0.05, 0) is 17.7 Å². The largest absolute Gasteiger partial charge is 0.508 e. The third kappa shape index (κ3) is 9.10. The Hall–Kier alpha value is -3.71. The molecular weight excluding hydrogens is 416 g/mol. The normalized spacial score (nSPS) is 13.4. The third-order valence-electron chi connectivity index (χ3n) is 3.97. The molecule has 0 heterocycles. The number of nitrogens with one attached hydrogen (secondary N) is 3. The van der Waals surface area contributed by atoms with Crippen LogP contribution in [0.1, 0.15) is 12.0 Å². The van der Waals surface area contributed by atoms with Crippen LogP contribution in [0.4, 0.5) is 0 Å². The van der Waals surface area contributed by atoms with Crippen molar-refractivity contribution >= 4 is 29.7 Å². The maximum Gasteiger partial charge on any atom is 0.322 e. The Morgan fingerprint density at radius 1 is 0.871 bits per heavy atom. The SMILES string of the molecule is NC(CC(=O)O)C(=O)NC(Cc1ccc(O)cc1)C(=O)NC(CO)C(=O)NCC(=O)O. The van der Waals surface area contributed by atoms with Crippen LogP contribution < -0.4 is 21.7 Å². The summed E-state index contributed by atoms with van der Waals surface area (Å²) in [4.78, 5) is 58.1. The molecule has 0 saturated carbocycles. The Balaban J connectivity index is 2.96. The van der Waals surface area contributed by atoms with Crippen LogP contribution in [0.15, 0.2) is 24.3 Å². The van der Waals surface area contributed by atoms with Crippen LogP contribution in [0.3, 0.4) is 0 Å². The molecule has 1 aromatic rings. The van der Waals surface area contributed by atoms with Crippen LogP contribution in [-0.4, -0.2) is 81.4 Å². The number of phenolic OH excluding ortho intramolecular Hbond substituents is 1. The van der Waals surface area contributed by atoms with Crippen molar-refractivity contribution in [3.05, 3.63) is 29.8 Å². The van der Waals surface area contributed by atoms with Crippen molar-refractivity contribution < 1.29 is 44.4 Å². The average Bonchev–Trinajstić information content (AvgIpc) is 2.70. The minimum Gasteiger partial charge on any atom is -0.508 e. The first kappa shape index (κ1) is 25.3. The van der Waals surface area contributed by atoms with E-state index in [4.69, 9.17) is 15.9 Å². The fraction of sp³-hybridized carbons (Fsp3) is 0.389. The van der Waals surface area contributed by atoms with Gasteiger partial charge in [0.2, 0.25) is 17.7 Å². The number of rotatable bonds is 12. The van der Waals surface area contributed by atoms with Crippen LogP contribution in [0.2, 0.25) is 0 Å². The fourth-order valence-electron chi connectivity index (χ4n) is 2.39. The zero-order valence-electron chi connectivity index (χ0n) is 16.3. The Kier molecular flexibility index (Phi) is 9.88. The summed E-state index contributed by atoms with van der Waals surface area (Å²) >= 11 is 0. The number of carbonyl (C=O) groups excluding carboxylic acids is 3. The summed E-state index contributed by atoms with van der Waals surface area (Å²) < 4.78 is 0. The Bertz CT molecular complexity index is 813. The number of hydrogen-bond acceptors (Lipinski definition) is 8. The minimum absolute atomic E-state index is 0.0345. The molecule has 0 aliphatic carbocycles. The maximum atomic E-state index is 12.7. The van der Waals surface area contributed by atoms with Gasteiger partial charge in [0.05, 0.1) is 19.1 Å². The highest BCUT2D eigenvalue weighted by Gasteiger charge is 2.28. The molecule has 3 atom stereocenters. The van der Waals surface area contributed by atoms with Crippen molar-refractivity contribution in [1.29, 1.82) is 0 Å². The van der Waals surface area contributed by atoms with Gasteiger partial charge in [0.1, 0.15) is 24.4 Å². The minimum atomic E-state index is -1.50. The lowest BCUT2D eigenvalue weighted by molar-refractivity contribution is -0.140. The number of hydrogen-bond donors (Lipinski definition) is 8. The predicted molar refractivity (Wildman–Crippen MR) is 104 cm³/mol. The summed E-state index contributed by atoms with van der Waals surface area (Å²) in [6, 6.07) is 1.37. The number of aliphatic hydroxyl groups is 1. The van der Waals surface area contributed by atoms with Crippen LogP contribution in [0.25, 0.3) is 0 Å². The van der Waals surface area contributed by atoms with Crippen LogP contribution in [-0.2, 0) is 30.4 Å². The molecule has 1 aromatic carbocycles. The second-order valence-electron chi connectivity index (χ2n) is 6.49. The molecule has 31 heavy (non-hydrogen) atoms. The molecule has 0 fully saturated rings. The third-order valence-corrected chi connectivity index (χ3v) is 3.97. The zero-order valence-corrected chi connectivity index (χ0v) is 16.3. The molecule has 170 valence electrons. The molecule has 0 saturated heterocycles. The number of aliphatic hydroxyl groups excluding tert-OH is 1. The van der Waals surface area contributed by atoms with Crippen molar-refractivity contribution in [2.75, 3.05) is 13.2 Å². The lowest BCUT2D eigenvalue weighted by Gasteiger charge is -2.23. The van der Waals surface area contributed by atoms with Gasteiger partial charge < -0.3 is 42.1 Å². The lowest BCUT2D eigenvalue weighted by Crippen LogP contribution is -2.57. The van der Waals surface area contributed by atoms with Gasteiger partial charge in [-0.25, -0.2) is 0 Å². The van der Waals surface area contributed by atoms with Crippen LogP contribution in [0.5, 0.6) is 5.75 Å². The topological polar surface area (TPSA) is 228 Å². The number of aromatic hydroxyl groups is 1. The van der Waals surface area contributed by atoms with Crippen molar-refractivity contribution in [2.45, 2.75) is 31.0 Å². The monoisotopic (exact) mass is 440 g/mol. The van der Waals surface area contributed by atoms with Gasteiger partial charge in [-0.15, -0.1) is 0 Å². The molecule has 13 heteroatoms. The molecule has 0 radical (unpaired) electrons. The smallest absolute Gasteiger partial charge is 0.322 e. The first-order chi connectivity index (χ1) is 14.5. The van der Waals surface area contributed by atoms with E-state index in [9.17, 15) is 34.2 Å². The van der Waals surface area contributed by atoms with Gasteiger partial charge >= 0.3 is 11.9 Å². The lowest BCUT2D eigenvalue weighted by atomic mass is 10.0. The number of phenols is 1. The van der Waals surface area contributed by atoms with E-state index in [2.05, 4.69) is 10.6 Å². The quantitative estimate of drug-likeness (QED) is 0.163. The Morgan fingerprint density at radius 3 is 1.97 bits per heavy atom. The molecule has 0 aromatic heterocycles. The second kappa shape index (κ2) is 12.1. The van der Waals surface area contributed by atoms with E-state index in [1.165, 1.54) is 24.3 Å². The highest BCUT2D eigenvalue weighted by atomic mass is 16.4. The molecule has 3 amide bonds. The highest BCUT2D eigenvalue weighted by Crippen LogP contribution is 2.12. The van der Waals surface area contributed by atoms with Crippen molar-refractivity contribution in [2.24, 2.45) is 5.73 Å². The first-order valence-corrected chi connectivity index (χ1v) is 8.99. The zero-order chi connectivity index (χ0) is 23.6. The first-order valence-electron chi connectivity index (χ1n) is 8.99. The summed E-state index contributed by atoms with van der Waals surface area (Å²) in [5, 5.41) is 42.6. The fourth-order valence-corrected chi connectivity index (χ4v) is 2.39. The van der Waals surface area contributed by atoms with Gasteiger partial charge in [-0.3, -0.25) is 24.0 Å². The van der Waals surface area contributed by atoms with Crippen LogP contribution >= 0.6 is 0 Å². The molecule has 0 bridgehead atoms. The van der Waals surface area contributed by atoms with E-state index in [1.807, 2.05) is 5.32 Å². The van der Waals surface area contributed by atoms with Gasteiger partial charge in [0.25, 0.3) is 0 Å². The number of aliphatic carboxylic acids is 2. The van der Waals surface area contributed by atoms with E-state index >= 15 is 0 Å². The highest BCUT2D eigenvalue weighted by molar-refractivity contribution is 5.94. The van der Waals surface area contributed by atoms with E-state index in [0.717, 1.165) is 0 Å². The number of carboxylic acids is 2. The van der Waals surface area contributed by atoms with Gasteiger partial charge in [0, 0.05) is 6.42 Å². The Morgan fingerprint density at radius 2 is 1.45 bits per heavy atom. The maximum absolute atomic E-state index is 12.7.